The highest BCUT2D eigenvalue weighted by Gasteiger charge is 2.46. The molecule has 0 bridgehead atoms. The number of benzene rings is 2. The lowest BCUT2D eigenvalue weighted by Crippen LogP contribution is -2.58. The number of nitrogens with zero attached hydrogens (tertiary/aromatic N) is 2. The molecule has 2 heterocycles. The third-order valence-electron chi connectivity index (χ3n) is 8.39. The van der Waals surface area contributed by atoms with Crippen LogP contribution in [0, 0.1) is 0 Å². The smallest absolute Gasteiger partial charge is 0.321 e. The summed E-state index contributed by atoms with van der Waals surface area (Å²) in [5.41, 5.74) is 2.36. The fraction of sp³-hybridized carbons (Fsp3) is 0.559. The van der Waals surface area contributed by atoms with Gasteiger partial charge in [-0.15, -0.1) is 0 Å². The maximum atomic E-state index is 14.2. The molecule has 5 heteroatoms. The molecule has 0 saturated carbocycles. The number of unbranched alkanes of at least 4 members (excludes halogenated alkanes) is 2. The van der Waals surface area contributed by atoms with Crippen LogP contribution in [0.4, 0.5) is 4.79 Å². The zero-order chi connectivity index (χ0) is 27.5. The molecule has 0 radical (unpaired) electrons. The number of fused-ring (bicyclic) bond motifs is 1. The van der Waals surface area contributed by atoms with Gasteiger partial charge in [-0.3, -0.25) is 0 Å². The van der Waals surface area contributed by atoms with Crippen molar-refractivity contribution in [2.24, 2.45) is 0 Å². The Kier molecular flexibility index (Phi) is 11.3. The predicted molar refractivity (Wildman–Crippen MR) is 159 cm³/mol. The van der Waals surface area contributed by atoms with Gasteiger partial charge in [0.1, 0.15) is 5.75 Å². The Morgan fingerprint density at radius 3 is 2.46 bits per heavy atom. The highest BCUT2D eigenvalue weighted by Crippen LogP contribution is 2.38. The minimum Gasteiger partial charge on any atom is -0.497 e. The first-order valence-corrected chi connectivity index (χ1v) is 15.1. The van der Waals surface area contributed by atoms with Gasteiger partial charge in [0.25, 0.3) is 0 Å². The van der Waals surface area contributed by atoms with Gasteiger partial charge in [0, 0.05) is 24.7 Å². The van der Waals surface area contributed by atoms with Gasteiger partial charge in [-0.2, -0.15) is 0 Å². The lowest BCUT2D eigenvalue weighted by Gasteiger charge is -2.46. The lowest BCUT2D eigenvalue weighted by atomic mass is 9.97. The maximum absolute atomic E-state index is 14.2. The molecule has 2 aliphatic rings. The van der Waals surface area contributed by atoms with Gasteiger partial charge in [-0.25, -0.2) is 4.79 Å². The normalized spacial score (nSPS) is 21.9. The second-order valence-corrected chi connectivity index (χ2v) is 11.2. The van der Waals surface area contributed by atoms with Crippen LogP contribution in [0.2, 0.25) is 0 Å². The van der Waals surface area contributed by atoms with Crippen LogP contribution in [0.3, 0.4) is 0 Å². The van der Waals surface area contributed by atoms with Gasteiger partial charge < -0.3 is 19.3 Å². The van der Waals surface area contributed by atoms with Crippen LogP contribution >= 0.6 is 0 Å². The Balaban J connectivity index is 1.47. The second-order valence-electron chi connectivity index (χ2n) is 11.2. The average molecular weight is 533 g/mol. The van der Waals surface area contributed by atoms with Gasteiger partial charge in [0.2, 0.25) is 0 Å². The average Bonchev–Trinajstić information content (AvgIpc) is 3.37. The summed E-state index contributed by atoms with van der Waals surface area (Å²) in [6.07, 6.45) is 15.4. The standard InChI is InChI=1S/C34H48N2O3/c1-4-6-9-15-29-23-30-19-20-31(24-33(16-10-7-5-2)39-26-28-13-11-8-12-14-28)36(30)34(37)35(29)25-27-17-21-32(38-3)22-18-27/h6,8-9,11-14,17-18,21-22,29-31,33H,4-5,7,10,15-16,19-20,23-26H2,1-3H3/b9-6+/t29-,30-,31+,33+/m1/s1. The van der Waals surface area contributed by atoms with Crippen LogP contribution < -0.4 is 4.74 Å². The molecule has 0 unspecified atom stereocenters. The van der Waals surface area contributed by atoms with E-state index >= 15 is 0 Å². The van der Waals surface area contributed by atoms with Gasteiger partial charge in [-0.1, -0.05) is 87.7 Å². The van der Waals surface area contributed by atoms with Crippen LogP contribution in [-0.4, -0.2) is 47.2 Å². The minimum absolute atomic E-state index is 0.175. The van der Waals surface area contributed by atoms with E-state index < -0.39 is 0 Å². The molecule has 4 atom stereocenters. The number of rotatable bonds is 15. The van der Waals surface area contributed by atoms with E-state index in [-0.39, 0.29) is 24.2 Å². The third-order valence-corrected chi connectivity index (χ3v) is 8.39. The van der Waals surface area contributed by atoms with Gasteiger partial charge in [-0.05, 0) is 68.2 Å². The van der Waals surface area contributed by atoms with Gasteiger partial charge in [0.05, 0.1) is 19.8 Å². The number of urea groups is 1. The molecule has 2 aliphatic heterocycles. The van der Waals surface area contributed by atoms with E-state index in [1.807, 2.05) is 18.2 Å². The number of ether oxygens (including phenoxy) is 2. The Bertz CT molecular complexity index is 1020. The van der Waals surface area contributed by atoms with Crippen molar-refractivity contribution in [1.82, 2.24) is 9.80 Å². The molecule has 212 valence electrons. The number of carbonyl (C=O) groups is 1. The SMILES string of the molecule is CC/C=C/C[C@@H]1C[C@H]2CC[C@@H](C[C@H](CCCCC)OCc3ccccc3)N2C(=O)N1Cc1ccc(OC)cc1. The quantitative estimate of drug-likeness (QED) is 0.172. The number of allylic oxidation sites excluding steroid dienone is 1. The van der Waals surface area contributed by atoms with Gasteiger partial charge in [0.15, 0.2) is 0 Å². The van der Waals surface area contributed by atoms with Crippen LogP contribution in [0.15, 0.2) is 66.7 Å². The molecular weight excluding hydrogens is 484 g/mol. The molecule has 0 aromatic heterocycles. The molecule has 0 aliphatic carbocycles. The molecule has 4 rings (SSSR count). The van der Waals surface area contributed by atoms with Crippen molar-refractivity contribution in [3.05, 3.63) is 77.9 Å². The molecule has 2 aromatic rings. The van der Waals surface area contributed by atoms with E-state index in [0.29, 0.717) is 19.2 Å². The predicted octanol–water partition coefficient (Wildman–Crippen LogP) is 8.13. The Morgan fingerprint density at radius 2 is 1.74 bits per heavy atom. The molecule has 39 heavy (non-hydrogen) atoms. The zero-order valence-corrected chi connectivity index (χ0v) is 24.3. The zero-order valence-electron chi connectivity index (χ0n) is 24.3. The number of methoxy groups -OCH3 is 1. The number of carbonyl (C=O) groups excluding carboxylic acids is 1. The summed E-state index contributed by atoms with van der Waals surface area (Å²) in [5.74, 6) is 0.843. The third kappa shape index (κ3) is 8.11. The maximum Gasteiger partial charge on any atom is 0.321 e. The van der Waals surface area contributed by atoms with E-state index in [1.165, 1.54) is 24.8 Å². The number of hydrogen-bond donors (Lipinski definition) is 0. The highest BCUT2D eigenvalue weighted by atomic mass is 16.5. The molecule has 5 nitrogen and oxygen atoms in total. The summed E-state index contributed by atoms with van der Waals surface area (Å²) < 4.78 is 11.9. The van der Waals surface area contributed by atoms with E-state index in [1.54, 1.807) is 7.11 Å². The molecule has 2 saturated heterocycles. The van der Waals surface area contributed by atoms with E-state index in [2.05, 4.69) is 72.2 Å². The first kappa shape index (κ1) is 29.2. The molecule has 0 N–H and O–H groups in total. The van der Waals surface area contributed by atoms with Crippen molar-refractivity contribution in [3.63, 3.8) is 0 Å². The number of hydrogen-bond acceptors (Lipinski definition) is 3. The minimum atomic E-state index is 0.175. The van der Waals surface area contributed by atoms with E-state index in [9.17, 15) is 4.79 Å². The van der Waals surface area contributed by atoms with Crippen molar-refractivity contribution in [2.75, 3.05) is 7.11 Å². The second kappa shape index (κ2) is 15.1. The molecular formula is C34H48N2O3. The van der Waals surface area contributed by atoms with Gasteiger partial charge >= 0.3 is 6.03 Å². The summed E-state index contributed by atoms with van der Waals surface area (Å²) in [7, 11) is 1.69. The van der Waals surface area contributed by atoms with Crippen LogP contribution in [0.1, 0.15) is 89.2 Å². The fourth-order valence-corrected chi connectivity index (χ4v) is 6.23. The Hall–Kier alpha value is -2.79. The molecule has 2 amide bonds. The topological polar surface area (TPSA) is 42.0 Å². The Labute approximate surface area is 236 Å². The first-order valence-electron chi connectivity index (χ1n) is 15.1. The van der Waals surface area contributed by atoms with E-state index in [4.69, 9.17) is 9.47 Å². The van der Waals surface area contributed by atoms with Crippen molar-refractivity contribution >= 4 is 6.03 Å². The summed E-state index contributed by atoms with van der Waals surface area (Å²) in [6.45, 7) is 5.68. The molecule has 2 fully saturated rings. The first-order chi connectivity index (χ1) is 19.1. The Morgan fingerprint density at radius 1 is 0.949 bits per heavy atom. The summed E-state index contributed by atoms with van der Waals surface area (Å²) >= 11 is 0. The monoisotopic (exact) mass is 532 g/mol. The summed E-state index contributed by atoms with van der Waals surface area (Å²) in [5, 5.41) is 0. The highest BCUT2D eigenvalue weighted by molar-refractivity contribution is 5.77. The van der Waals surface area contributed by atoms with Crippen LogP contribution in [0.25, 0.3) is 0 Å². The van der Waals surface area contributed by atoms with Crippen LogP contribution in [-0.2, 0) is 17.9 Å². The summed E-state index contributed by atoms with van der Waals surface area (Å²) in [6, 6.07) is 19.6. The van der Waals surface area contributed by atoms with Crippen molar-refractivity contribution in [2.45, 2.75) is 115 Å². The van der Waals surface area contributed by atoms with E-state index in [0.717, 1.165) is 56.3 Å². The van der Waals surface area contributed by atoms with Crippen molar-refractivity contribution in [1.29, 1.82) is 0 Å². The largest absolute Gasteiger partial charge is 0.497 e. The fourth-order valence-electron chi connectivity index (χ4n) is 6.23. The van der Waals surface area contributed by atoms with Crippen molar-refractivity contribution < 1.29 is 14.3 Å². The lowest BCUT2D eigenvalue weighted by molar-refractivity contribution is 0.00486. The number of amides is 2. The van der Waals surface area contributed by atoms with Crippen LogP contribution in [0.5, 0.6) is 5.75 Å². The summed E-state index contributed by atoms with van der Waals surface area (Å²) in [4.78, 5) is 18.5. The molecule has 2 aromatic carbocycles. The molecule has 0 spiro atoms. The van der Waals surface area contributed by atoms with Crippen molar-refractivity contribution in [3.8, 4) is 5.75 Å².